The lowest BCUT2D eigenvalue weighted by Gasteiger charge is -2.23. The Morgan fingerprint density at radius 3 is 2.37 bits per heavy atom. The molecule has 0 fully saturated rings. The van der Waals surface area contributed by atoms with Crippen molar-refractivity contribution in [3.05, 3.63) is 95.3 Å². The second-order valence-electron chi connectivity index (χ2n) is 7.22. The molecular weight excluding hydrogens is 385 g/mol. The van der Waals surface area contributed by atoms with Crippen LogP contribution in [0.25, 0.3) is 0 Å². The van der Waals surface area contributed by atoms with E-state index >= 15 is 0 Å². The summed E-state index contributed by atoms with van der Waals surface area (Å²) in [5, 5.41) is 11.3. The maximum atomic E-state index is 13.3. The third-order valence-corrected chi connectivity index (χ3v) is 5.32. The van der Waals surface area contributed by atoms with E-state index in [4.69, 9.17) is 4.74 Å². The number of halogens is 1. The molecule has 30 heavy (non-hydrogen) atoms. The molecule has 0 radical (unpaired) electrons. The van der Waals surface area contributed by atoms with E-state index in [0.29, 0.717) is 28.1 Å². The van der Waals surface area contributed by atoms with Gasteiger partial charge in [-0.05, 0) is 48.0 Å². The summed E-state index contributed by atoms with van der Waals surface area (Å²) < 4.78 is 18.3. The Labute approximate surface area is 173 Å². The fraction of sp³-hybridized carbons (Fsp3) is 0.167. The molecule has 1 heterocycles. The predicted molar refractivity (Wildman–Crippen MR) is 110 cm³/mol. The smallest absolute Gasteiger partial charge is 0.264 e. The SMILES string of the molecule is COc1ccc(C(=O)CC2(O)C(=O)N(Cc3ccc(F)cc3)c3ccccc32)cc1. The Kier molecular flexibility index (Phi) is 5.10. The molecule has 3 aromatic carbocycles. The summed E-state index contributed by atoms with van der Waals surface area (Å²) in [4.78, 5) is 27.5. The standard InChI is InChI=1S/C24H20FNO4/c1-30-19-12-8-17(9-13-19)22(27)14-24(29)20-4-2-3-5-21(20)26(23(24)28)15-16-6-10-18(25)11-7-16/h2-13,29H,14-15H2,1H3. The molecule has 0 spiro atoms. The van der Waals surface area contributed by atoms with E-state index in [1.54, 1.807) is 60.7 Å². The van der Waals surface area contributed by atoms with E-state index in [9.17, 15) is 19.1 Å². The molecule has 1 aliphatic rings. The fourth-order valence-corrected chi connectivity index (χ4v) is 3.72. The van der Waals surface area contributed by atoms with Crippen LogP contribution in [-0.2, 0) is 16.9 Å². The first-order valence-corrected chi connectivity index (χ1v) is 9.48. The van der Waals surface area contributed by atoms with Crippen molar-refractivity contribution in [3.63, 3.8) is 0 Å². The van der Waals surface area contributed by atoms with Crippen molar-refractivity contribution in [2.45, 2.75) is 18.6 Å². The second kappa shape index (κ2) is 7.72. The molecule has 3 aromatic rings. The van der Waals surface area contributed by atoms with Gasteiger partial charge in [-0.15, -0.1) is 0 Å². The summed E-state index contributed by atoms with van der Waals surface area (Å²) in [6.07, 6.45) is -0.380. The Morgan fingerprint density at radius 2 is 1.70 bits per heavy atom. The van der Waals surface area contributed by atoms with Crippen molar-refractivity contribution in [1.29, 1.82) is 0 Å². The summed E-state index contributed by atoms with van der Waals surface area (Å²) in [5.41, 5.74) is 0.0563. The number of para-hydroxylation sites is 1. The molecule has 6 heteroatoms. The lowest BCUT2D eigenvalue weighted by atomic mass is 9.88. The van der Waals surface area contributed by atoms with Crippen LogP contribution < -0.4 is 9.64 Å². The number of hydrogen-bond donors (Lipinski definition) is 1. The summed E-state index contributed by atoms with van der Waals surface area (Å²) in [7, 11) is 1.53. The van der Waals surface area contributed by atoms with Crippen molar-refractivity contribution < 1.29 is 23.8 Å². The largest absolute Gasteiger partial charge is 0.497 e. The topological polar surface area (TPSA) is 66.8 Å². The zero-order valence-corrected chi connectivity index (χ0v) is 16.3. The molecule has 0 saturated heterocycles. The first-order chi connectivity index (χ1) is 14.4. The van der Waals surface area contributed by atoms with Gasteiger partial charge in [-0.2, -0.15) is 0 Å². The summed E-state index contributed by atoms with van der Waals surface area (Å²) >= 11 is 0. The molecule has 0 aromatic heterocycles. The van der Waals surface area contributed by atoms with Crippen LogP contribution in [-0.4, -0.2) is 23.9 Å². The number of anilines is 1. The Hall–Kier alpha value is -3.51. The molecule has 4 rings (SSSR count). The number of Topliss-reactive ketones (excluding diaryl/α,β-unsaturated/α-hetero) is 1. The molecule has 1 aliphatic heterocycles. The summed E-state index contributed by atoms with van der Waals surface area (Å²) in [5.74, 6) is -0.687. The Balaban J connectivity index is 1.64. The quantitative estimate of drug-likeness (QED) is 0.633. The lowest BCUT2D eigenvalue weighted by Crippen LogP contribution is -2.41. The minimum absolute atomic E-state index is 0.162. The molecule has 0 saturated carbocycles. The maximum absolute atomic E-state index is 13.3. The average Bonchev–Trinajstić information content (AvgIpc) is 2.97. The van der Waals surface area contributed by atoms with Crippen LogP contribution >= 0.6 is 0 Å². The minimum atomic E-state index is -1.96. The van der Waals surface area contributed by atoms with Crippen molar-refractivity contribution in [2.24, 2.45) is 0 Å². The highest BCUT2D eigenvalue weighted by atomic mass is 19.1. The van der Waals surface area contributed by atoms with E-state index in [0.717, 1.165) is 0 Å². The van der Waals surface area contributed by atoms with Crippen LogP contribution in [0.15, 0.2) is 72.8 Å². The Morgan fingerprint density at radius 1 is 1.03 bits per heavy atom. The van der Waals surface area contributed by atoms with Gasteiger partial charge in [-0.25, -0.2) is 4.39 Å². The zero-order valence-electron chi connectivity index (χ0n) is 16.3. The number of ketones is 1. The summed E-state index contributed by atoms with van der Waals surface area (Å²) in [6.45, 7) is 0.162. The van der Waals surface area contributed by atoms with Crippen LogP contribution in [0, 0.1) is 5.82 Å². The molecule has 0 aliphatic carbocycles. The van der Waals surface area contributed by atoms with Crippen LogP contribution in [0.4, 0.5) is 10.1 Å². The van der Waals surface area contributed by atoms with Gasteiger partial charge in [-0.1, -0.05) is 30.3 Å². The van der Waals surface area contributed by atoms with Crippen molar-refractivity contribution in [1.82, 2.24) is 0 Å². The molecule has 1 atom stereocenters. The maximum Gasteiger partial charge on any atom is 0.264 e. The highest BCUT2D eigenvalue weighted by Crippen LogP contribution is 2.43. The fourth-order valence-electron chi connectivity index (χ4n) is 3.72. The molecule has 1 unspecified atom stereocenters. The third kappa shape index (κ3) is 3.46. The first kappa shape index (κ1) is 19.8. The third-order valence-electron chi connectivity index (χ3n) is 5.32. The van der Waals surface area contributed by atoms with Gasteiger partial charge in [0.15, 0.2) is 11.4 Å². The van der Waals surface area contributed by atoms with Gasteiger partial charge in [-0.3, -0.25) is 9.59 Å². The van der Waals surface area contributed by atoms with Crippen LogP contribution in [0.2, 0.25) is 0 Å². The van der Waals surface area contributed by atoms with Crippen molar-refractivity contribution >= 4 is 17.4 Å². The van der Waals surface area contributed by atoms with Crippen molar-refractivity contribution in [3.8, 4) is 5.75 Å². The van der Waals surface area contributed by atoms with Gasteiger partial charge in [0.1, 0.15) is 11.6 Å². The molecule has 1 amide bonds. The number of nitrogens with zero attached hydrogens (tertiary/aromatic N) is 1. The lowest BCUT2D eigenvalue weighted by molar-refractivity contribution is -0.136. The van der Waals surface area contributed by atoms with Crippen LogP contribution in [0.1, 0.15) is 27.9 Å². The van der Waals surface area contributed by atoms with Gasteiger partial charge < -0.3 is 14.7 Å². The number of methoxy groups -OCH3 is 1. The van der Waals surface area contributed by atoms with Crippen molar-refractivity contribution in [2.75, 3.05) is 12.0 Å². The van der Waals surface area contributed by atoms with E-state index < -0.39 is 11.5 Å². The second-order valence-corrected chi connectivity index (χ2v) is 7.22. The number of ether oxygens (including phenoxy) is 1. The van der Waals surface area contributed by atoms with Gasteiger partial charge >= 0.3 is 0 Å². The number of amides is 1. The molecule has 1 N–H and O–H groups in total. The number of aliphatic hydroxyl groups is 1. The van der Waals surface area contributed by atoms with Gasteiger partial charge in [0.25, 0.3) is 5.91 Å². The van der Waals surface area contributed by atoms with E-state index in [-0.39, 0.29) is 24.6 Å². The molecular formula is C24H20FNO4. The predicted octanol–water partition coefficient (Wildman–Crippen LogP) is 3.84. The van der Waals surface area contributed by atoms with E-state index in [1.165, 1.54) is 24.1 Å². The highest BCUT2D eigenvalue weighted by Gasteiger charge is 2.50. The monoisotopic (exact) mass is 405 g/mol. The van der Waals surface area contributed by atoms with Gasteiger partial charge in [0.2, 0.25) is 0 Å². The molecule has 5 nitrogen and oxygen atoms in total. The van der Waals surface area contributed by atoms with Gasteiger partial charge in [0, 0.05) is 11.1 Å². The Bertz CT molecular complexity index is 1090. The van der Waals surface area contributed by atoms with Crippen LogP contribution in [0.5, 0.6) is 5.75 Å². The number of fused-ring (bicyclic) bond motifs is 1. The number of carbonyl (C=O) groups is 2. The summed E-state index contributed by atoms with van der Waals surface area (Å²) in [6, 6.07) is 19.2. The molecule has 0 bridgehead atoms. The molecule has 152 valence electrons. The number of carbonyl (C=O) groups excluding carboxylic acids is 2. The average molecular weight is 405 g/mol. The highest BCUT2D eigenvalue weighted by molar-refractivity contribution is 6.10. The minimum Gasteiger partial charge on any atom is -0.497 e. The van der Waals surface area contributed by atoms with Gasteiger partial charge in [0.05, 0.1) is 25.8 Å². The number of hydrogen-bond acceptors (Lipinski definition) is 4. The van der Waals surface area contributed by atoms with Crippen LogP contribution in [0.3, 0.4) is 0 Å². The zero-order chi connectivity index (χ0) is 21.3. The number of rotatable bonds is 6. The van der Waals surface area contributed by atoms with E-state index in [1.807, 2.05) is 0 Å². The number of benzene rings is 3. The first-order valence-electron chi connectivity index (χ1n) is 9.48. The van der Waals surface area contributed by atoms with E-state index in [2.05, 4.69) is 0 Å². The normalized spacial score (nSPS) is 17.7.